The van der Waals surface area contributed by atoms with Crippen molar-refractivity contribution in [1.82, 2.24) is 5.32 Å². The SMILES string of the molecule is CC(CCCO)NC(=O)C1C2C3CCC(C3)C12. The summed E-state index contributed by atoms with van der Waals surface area (Å²) < 4.78 is 0. The van der Waals surface area contributed by atoms with Crippen LogP contribution in [0.15, 0.2) is 0 Å². The van der Waals surface area contributed by atoms with Gasteiger partial charge in [0.1, 0.15) is 0 Å². The van der Waals surface area contributed by atoms with Gasteiger partial charge in [0.15, 0.2) is 0 Å². The van der Waals surface area contributed by atoms with Crippen LogP contribution in [0.25, 0.3) is 0 Å². The van der Waals surface area contributed by atoms with Crippen molar-refractivity contribution >= 4 is 5.91 Å². The molecule has 17 heavy (non-hydrogen) atoms. The molecule has 5 atom stereocenters. The van der Waals surface area contributed by atoms with Crippen LogP contribution in [-0.4, -0.2) is 23.7 Å². The molecule has 0 aromatic heterocycles. The highest BCUT2D eigenvalue weighted by atomic mass is 16.3. The highest BCUT2D eigenvalue weighted by Gasteiger charge is 2.67. The monoisotopic (exact) mass is 237 g/mol. The molecule has 0 aliphatic heterocycles. The third-order valence-corrected chi connectivity index (χ3v) is 5.22. The zero-order chi connectivity index (χ0) is 12.0. The van der Waals surface area contributed by atoms with Crippen molar-refractivity contribution in [3.63, 3.8) is 0 Å². The highest BCUT2D eigenvalue weighted by Crippen LogP contribution is 2.69. The molecule has 0 aromatic rings. The molecule has 0 saturated heterocycles. The number of aliphatic hydroxyl groups is 1. The van der Waals surface area contributed by atoms with E-state index >= 15 is 0 Å². The number of carbonyl (C=O) groups excluding carboxylic acids is 1. The van der Waals surface area contributed by atoms with Crippen molar-refractivity contribution in [3.8, 4) is 0 Å². The Kier molecular flexibility index (Phi) is 2.89. The van der Waals surface area contributed by atoms with Gasteiger partial charge >= 0.3 is 0 Å². The molecule has 0 aromatic carbocycles. The van der Waals surface area contributed by atoms with Crippen molar-refractivity contribution < 1.29 is 9.90 Å². The number of nitrogens with one attached hydrogen (secondary N) is 1. The fraction of sp³-hybridized carbons (Fsp3) is 0.929. The zero-order valence-electron chi connectivity index (χ0n) is 10.6. The van der Waals surface area contributed by atoms with Crippen LogP contribution in [0.1, 0.15) is 39.0 Å². The van der Waals surface area contributed by atoms with E-state index in [-0.39, 0.29) is 12.6 Å². The highest BCUT2D eigenvalue weighted by molar-refractivity contribution is 5.83. The fourth-order valence-electron chi connectivity index (χ4n) is 4.48. The smallest absolute Gasteiger partial charge is 0.223 e. The summed E-state index contributed by atoms with van der Waals surface area (Å²) >= 11 is 0. The molecule has 3 saturated carbocycles. The lowest BCUT2D eigenvalue weighted by molar-refractivity contribution is -0.124. The van der Waals surface area contributed by atoms with Gasteiger partial charge in [-0.15, -0.1) is 0 Å². The molecule has 96 valence electrons. The van der Waals surface area contributed by atoms with Gasteiger partial charge in [-0.3, -0.25) is 4.79 Å². The largest absolute Gasteiger partial charge is 0.396 e. The Morgan fingerprint density at radius 2 is 2.00 bits per heavy atom. The summed E-state index contributed by atoms with van der Waals surface area (Å²) in [6.07, 6.45) is 5.81. The van der Waals surface area contributed by atoms with Crippen LogP contribution in [0.3, 0.4) is 0 Å². The van der Waals surface area contributed by atoms with Crippen molar-refractivity contribution in [2.24, 2.45) is 29.6 Å². The number of amides is 1. The summed E-state index contributed by atoms with van der Waals surface area (Å²) in [4.78, 5) is 12.1. The molecule has 3 nitrogen and oxygen atoms in total. The molecule has 2 N–H and O–H groups in total. The third-order valence-electron chi connectivity index (χ3n) is 5.22. The Bertz CT molecular complexity index is 301. The van der Waals surface area contributed by atoms with E-state index in [1.807, 2.05) is 6.92 Å². The van der Waals surface area contributed by atoms with E-state index < -0.39 is 0 Å². The van der Waals surface area contributed by atoms with Crippen molar-refractivity contribution in [1.29, 1.82) is 0 Å². The summed E-state index contributed by atoms with van der Waals surface area (Å²) in [5, 5.41) is 11.9. The lowest BCUT2D eigenvalue weighted by atomic mass is 10.0. The van der Waals surface area contributed by atoms with Gasteiger partial charge in [0, 0.05) is 18.6 Å². The first-order chi connectivity index (χ1) is 8.22. The van der Waals surface area contributed by atoms with Crippen LogP contribution in [0.2, 0.25) is 0 Å². The molecule has 5 unspecified atom stereocenters. The number of fused-ring (bicyclic) bond motifs is 5. The maximum Gasteiger partial charge on any atom is 0.223 e. The average Bonchev–Trinajstić information content (AvgIpc) is 2.76. The summed E-state index contributed by atoms with van der Waals surface area (Å²) in [5.74, 6) is 3.85. The zero-order valence-corrected chi connectivity index (χ0v) is 10.6. The second-order valence-electron chi connectivity index (χ2n) is 6.29. The topological polar surface area (TPSA) is 49.3 Å². The first-order valence-electron chi connectivity index (χ1n) is 7.13. The summed E-state index contributed by atoms with van der Waals surface area (Å²) in [5.41, 5.74) is 0. The van der Waals surface area contributed by atoms with Crippen LogP contribution < -0.4 is 5.32 Å². The number of carbonyl (C=O) groups is 1. The van der Waals surface area contributed by atoms with Crippen LogP contribution in [0, 0.1) is 29.6 Å². The van der Waals surface area contributed by atoms with Gasteiger partial charge < -0.3 is 10.4 Å². The molecule has 0 heterocycles. The van der Waals surface area contributed by atoms with Gasteiger partial charge in [0.05, 0.1) is 0 Å². The van der Waals surface area contributed by atoms with Gasteiger partial charge in [-0.2, -0.15) is 0 Å². The lowest BCUT2D eigenvalue weighted by Gasteiger charge is -2.15. The van der Waals surface area contributed by atoms with Crippen LogP contribution >= 0.6 is 0 Å². The molecule has 1 amide bonds. The Morgan fingerprint density at radius 3 is 2.59 bits per heavy atom. The van der Waals surface area contributed by atoms with Crippen LogP contribution in [0.5, 0.6) is 0 Å². The number of hydrogen-bond donors (Lipinski definition) is 2. The molecule has 3 aliphatic rings. The summed E-state index contributed by atoms with van der Waals surface area (Å²) in [7, 11) is 0. The number of rotatable bonds is 5. The van der Waals surface area contributed by atoms with Gasteiger partial charge in [0.2, 0.25) is 5.91 Å². The van der Waals surface area contributed by atoms with Gasteiger partial charge in [-0.05, 0) is 62.7 Å². The molecule has 0 spiro atoms. The fourth-order valence-corrected chi connectivity index (χ4v) is 4.48. The van der Waals surface area contributed by atoms with E-state index in [4.69, 9.17) is 5.11 Å². The Hall–Kier alpha value is -0.570. The van der Waals surface area contributed by atoms with Gasteiger partial charge in [-0.25, -0.2) is 0 Å². The molecular weight excluding hydrogens is 214 g/mol. The van der Waals surface area contributed by atoms with Crippen molar-refractivity contribution in [2.75, 3.05) is 6.61 Å². The second-order valence-corrected chi connectivity index (χ2v) is 6.29. The predicted octanol–water partition coefficient (Wildman–Crippen LogP) is 1.56. The molecule has 3 fully saturated rings. The second kappa shape index (κ2) is 4.27. The maximum atomic E-state index is 12.1. The van der Waals surface area contributed by atoms with E-state index in [0.29, 0.717) is 11.8 Å². The van der Waals surface area contributed by atoms with Gasteiger partial charge in [-0.1, -0.05) is 0 Å². The Balaban J connectivity index is 1.49. The van der Waals surface area contributed by atoms with E-state index in [1.54, 1.807) is 0 Å². The van der Waals surface area contributed by atoms with E-state index in [1.165, 1.54) is 19.3 Å². The molecule has 3 rings (SSSR count). The lowest BCUT2D eigenvalue weighted by Crippen LogP contribution is -2.35. The third kappa shape index (κ3) is 1.88. The summed E-state index contributed by atoms with van der Waals surface area (Å²) in [6, 6.07) is 0.216. The van der Waals surface area contributed by atoms with Crippen molar-refractivity contribution in [3.05, 3.63) is 0 Å². The maximum absolute atomic E-state index is 12.1. The average molecular weight is 237 g/mol. The number of aliphatic hydroxyl groups excluding tert-OH is 1. The molecule has 3 aliphatic carbocycles. The van der Waals surface area contributed by atoms with Crippen molar-refractivity contribution in [2.45, 2.75) is 45.1 Å². The first kappa shape index (κ1) is 11.5. The quantitative estimate of drug-likeness (QED) is 0.762. The normalized spacial score (nSPS) is 43.3. The molecular formula is C14H23NO2. The molecule has 0 radical (unpaired) electrons. The van der Waals surface area contributed by atoms with Crippen LogP contribution in [-0.2, 0) is 4.79 Å². The Labute approximate surface area is 103 Å². The number of hydrogen-bond acceptors (Lipinski definition) is 2. The van der Waals surface area contributed by atoms with Gasteiger partial charge in [0.25, 0.3) is 0 Å². The summed E-state index contributed by atoms with van der Waals surface area (Å²) in [6.45, 7) is 2.26. The van der Waals surface area contributed by atoms with Crippen LogP contribution in [0.4, 0.5) is 0 Å². The minimum atomic E-state index is 0.216. The van der Waals surface area contributed by atoms with E-state index in [9.17, 15) is 4.79 Å². The molecule has 2 bridgehead atoms. The first-order valence-corrected chi connectivity index (χ1v) is 7.13. The predicted molar refractivity (Wildman–Crippen MR) is 65.2 cm³/mol. The molecule has 3 heteroatoms. The van der Waals surface area contributed by atoms with E-state index in [0.717, 1.165) is 36.5 Å². The van der Waals surface area contributed by atoms with E-state index in [2.05, 4.69) is 5.32 Å². The minimum Gasteiger partial charge on any atom is -0.396 e. The standard InChI is InChI=1S/C14H23NO2/c1-8(3-2-6-16)15-14(17)13-11-9-4-5-10(7-9)12(11)13/h8-13,16H,2-7H2,1H3,(H,15,17). The minimum absolute atomic E-state index is 0.216. The Morgan fingerprint density at radius 1 is 1.35 bits per heavy atom.